The van der Waals surface area contributed by atoms with Crippen molar-refractivity contribution in [2.45, 2.75) is 16.3 Å². The molecule has 7 heteroatoms. The van der Waals surface area contributed by atoms with Crippen molar-refractivity contribution in [1.29, 1.82) is 0 Å². The highest BCUT2D eigenvalue weighted by molar-refractivity contribution is 9.11. The molecule has 0 amide bonds. The summed E-state index contributed by atoms with van der Waals surface area (Å²) < 4.78 is 6.93. The van der Waals surface area contributed by atoms with Gasteiger partial charge >= 0.3 is 0 Å². The van der Waals surface area contributed by atoms with Gasteiger partial charge in [-0.05, 0) is 68.1 Å². The van der Waals surface area contributed by atoms with Gasteiger partial charge in [-0.1, -0.05) is 0 Å². The van der Waals surface area contributed by atoms with Crippen LogP contribution in [0.4, 0.5) is 0 Å². The number of rotatable bonds is 2. The fraction of sp³-hybridized carbons (Fsp3) is 0.125. The van der Waals surface area contributed by atoms with Crippen molar-refractivity contribution in [3.63, 3.8) is 0 Å². The maximum Gasteiger partial charge on any atom is 0.176 e. The molecule has 0 atom stereocenters. The summed E-state index contributed by atoms with van der Waals surface area (Å²) in [6, 6.07) is 1.96. The summed E-state index contributed by atoms with van der Waals surface area (Å²) in [5, 5.41) is 0.898. The molecule has 0 saturated carbocycles. The number of aryl methyl sites for hydroxylation is 1. The van der Waals surface area contributed by atoms with Crippen molar-refractivity contribution in [2.75, 3.05) is 0 Å². The largest absolute Gasteiger partial charge is 0.247 e. The molecule has 0 radical (unpaired) electrons. The Labute approximate surface area is 112 Å². The van der Waals surface area contributed by atoms with Crippen LogP contribution >= 0.6 is 55.2 Å². The molecule has 15 heavy (non-hydrogen) atoms. The maximum atomic E-state index is 4.29. The van der Waals surface area contributed by atoms with Crippen molar-refractivity contribution in [3.8, 4) is 0 Å². The fourth-order valence-electron chi connectivity index (χ4n) is 0.879. The van der Waals surface area contributed by atoms with E-state index in [0.29, 0.717) is 0 Å². The van der Waals surface area contributed by atoms with Gasteiger partial charge in [-0.25, -0.2) is 9.97 Å². The number of pyridine rings is 1. The molecule has 0 bridgehead atoms. The van der Waals surface area contributed by atoms with Gasteiger partial charge in [0.2, 0.25) is 0 Å². The minimum Gasteiger partial charge on any atom is -0.247 e. The van der Waals surface area contributed by atoms with Crippen LogP contribution in [0.5, 0.6) is 0 Å². The van der Waals surface area contributed by atoms with E-state index in [1.165, 1.54) is 23.3 Å². The molecule has 78 valence electrons. The monoisotopic (exact) mass is 365 g/mol. The molecular weight excluding hydrogens is 362 g/mol. The highest BCUT2D eigenvalue weighted by Crippen LogP contribution is 2.33. The van der Waals surface area contributed by atoms with Crippen LogP contribution < -0.4 is 0 Å². The molecule has 0 aliphatic heterocycles. The van der Waals surface area contributed by atoms with E-state index in [0.717, 1.165) is 24.1 Å². The van der Waals surface area contributed by atoms with E-state index in [4.69, 9.17) is 0 Å². The zero-order chi connectivity index (χ0) is 10.8. The SMILES string of the molecule is Cc1nsc(Sc2ncc(Br)cc2Br)n1. The van der Waals surface area contributed by atoms with Gasteiger partial charge in [0.05, 0.1) is 4.47 Å². The number of nitrogens with zero attached hydrogens (tertiary/aromatic N) is 3. The zero-order valence-corrected chi connectivity index (χ0v) is 12.4. The Hall–Kier alpha value is 0.0200. The molecule has 0 aliphatic rings. The summed E-state index contributed by atoms with van der Waals surface area (Å²) in [5.41, 5.74) is 0. The Balaban J connectivity index is 2.24. The van der Waals surface area contributed by atoms with E-state index in [1.807, 2.05) is 13.0 Å². The predicted molar refractivity (Wildman–Crippen MR) is 68.4 cm³/mol. The standard InChI is InChI=1S/C8H5Br2N3S2/c1-4-12-8(15-13-4)14-7-6(10)2-5(9)3-11-7/h2-3H,1H3. The van der Waals surface area contributed by atoms with E-state index in [9.17, 15) is 0 Å². The van der Waals surface area contributed by atoms with Crippen molar-refractivity contribution in [2.24, 2.45) is 0 Å². The third kappa shape index (κ3) is 2.99. The average Bonchev–Trinajstić information content (AvgIpc) is 2.56. The van der Waals surface area contributed by atoms with Crippen LogP contribution in [0.1, 0.15) is 5.82 Å². The minimum atomic E-state index is 0.802. The Bertz CT molecular complexity index is 486. The molecule has 2 aromatic rings. The smallest absolute Gasteiger partial charge is 0.176 e. The molecular formula is C8H5Br2N3S2. The first-order chi connectivity index (χ1) is 7.15. The topological polar surface area (TPSA) is 38.7 Å². The van der Waals surface area contributed by atoms with Crippen molar-refractivity contribution >= 4 is 55.2 Å². The van der Waals surface area contributed by atoms with Gasteiger partial charge in [0.25, 0.3) is 0 Å². The Kier molecular flexibility index (Phi) is 3.76. The Morgan fingerprint density at radius 1 is 1.40 bits per heavy atom. The minimum absolute atomic E-state index is 0.802. The summed E-state index contributed by atoms with van der Waals surface area (Å²) in [5.74, 6) is 0.802. The quantitative estimate of drug-likeness (QED) is 0.807. The van der Waals surface area contributed by atoms with E-state index >= 15 is 0 Å². The van der Waals surface area contributed by atoms with Gasteiger partial charge < -0.3 is 0 Å². The molecule has 2 heterocycles. The fourth-order valence-corrected chi connectivity index (χ4v) is 3.64. The lowest BCUT2D eigenvalue weighted by atomic mass is 10.5. The van der Waals surface area contributed by atoms with Crippen molar-refractivity contribution < 1.29 is 0 Å². The Morgan fingerprint density at radius 2 is 2.20 bits per heavy atom. The number of halogens is 2. The second-order valence-electron chi connectivity index (χ2n) is 2.65. The van der Waals surface area contributed by atoms with Crippen LogP contribution in [0.3, 0.4) is 0 Å². The Morgan fingerprint density at radius 3 is 2.80 bits per heavy atom. The van der Waals surface area contributed by atoms with E-state index < -0.39 is 0 Å². The molecule has 0 spiro atoms. The molecule has 0 N–H and O–H groups in total. The van der Waals surface area contributed by atoms with Crippen LogP contribution in [0, 0.1) is 6.92 Å². The molecule has 0 unspecified atom stereocenters. The van der Waals surface area contributed by atoms with Gasteiger partial charge in [0.1, 0.15) is 10.9 Å². The molecule has 2 rings (SSSR count). The third-order valence-electron chi connectivity index (χ3n) is 1.47. The maximum absolute atomic E-state index is 4.29. The lowest BCUT2D eigenvalue weighted by molar-refractivity contribution is 1.07. The highest BCUT2D eigenvalue weighted by atomic mass is 79.9. The van der Waals surface area contributed by atoms with Gasteiger partial charge in [-0.3, -0.25) is 0 Å². The molecule has 2 aromatic heterocycles. The zero-order valence-electron chi connectivity index (χ0n) is 7.57. The highest BCUT2D eigenvalue weighted by Gasteiger charge is 2.08. The summed E-state index contributed by atoms with van der Waals surface area (Å²) in [4.78, 5) is 8.56. The summed E-state index contributed by atoms with van der Waals surface area (Å²) in [6.45, 7) is 1.88. The van der Waals surface area contributed by atoms with E-state index in [1.54, 1.807) is 6.20 Å². The van der Waals surface area contributed by atoms with Gasteiger partial charge in [-0.2, -0.15) is 4.37 Å². The first kappa shape index (κ1) is 11.5. The number of hydrogen-bond acceptors (Lipinski definition) is 5. The lowest BCUT2D eigenvalue weighted by Gasteiger charge is -1.99. The molecule has 0 fully saturated rings. The van der Waals surface area contributed by atoms with E-state index in [2.05, 4.69) is 46.2 Å². The first-order valence-corrected chi connectivity index (χ1v) is 7.12. The van der Waals surface area contributed by atoms with Crippen LogP contribution in [-0.2, 0) is 0 Å². The van der Waals surface area contributed by atoms with Crippen LogP contribution in [0.15, 0.2) is 30.6 Å². The van der Waals surface area contributed by atoms with Gasteiger partial charge in [-0.15, -0.1) is 0 Å². The van der Waals surface area contributed by atoms with Crippen LogP contribution in [-0.4, -0.2) is 14.3 Å². The number of hydrogen-bond donors (Lipinski definition) is 0. The molecule has 3 nitrogen and oxygen atoms in total. The summed E-state index contributed by atoms with van der Waals surface area (Å²) in [6.07, 6.45) is 1.76. The molecule has 0 aromatic carbocycles. The average molecular weight is 367 g/mol. The van der Waals surface area contributed by atoms with Gasteiger partial charge in [0, 0.05) is 10.7 Å². The van der Waals surface area contributed by atoms with E-state index in [-0.39, 0.29) is 0 Å². The second-order valence-corrected chi connectivity index (χ2v) is 6.41. The van der Waals surface area contributed by atoms with Crippen molar-refractivity contribution in [1.82, 2.24) is 14.3 Å². The molecule has 0 aliphatic carbocycles. The second kappa shape index (κ2) is 4.90. The molecule has 0 saturated heterocycles. The number of aromatic nitrogens is 3. The predicted octanol–water partition coefficient (Wildman–Crippen LogP) is 3.92. The van der Waals surface area contributed by atoms with Gasteiger partial charge in [0.15, 0.2) is 4.34 Å². The van der Waals surface area contributed by atoms with Crippen molar-refractivity contribution in [3.05, 3.63) is 27.0 Å². The lowest BCUT2D eigenvalue weighted by Crippen LogP contribution is -1.82. The third-order valence-corrected chi connectivity index (χ3v) is 4.63. The van der Waals surface area contributed by atoms with Crippen LogP contribution in [0.2, 0.25) is 0 Å². The van der Waals surface area contributed by atoms with Crippen LogP contribution in [0.25, 0.3) is 0 Å². The summed E-state index contributed by atoms with van der Waals surface area (Å²) in [7, 11) is 0. The first-order valence-electron chi connectivity index (χ1n) is 3.94. The summed E-state index contributed by atoms with van der Waals surface area (Å²) >= 11 is 9.71. The normalized spacial score (nSPS) is 10.6.